The lowest BCUT2D eigenvalue weighted by Crippen LogP contribution is -2.36. The van der Waals surface area contributed by atoms with Gasteiger partial charge in [-0.05, 0) is 57.7 Å². The fourth-order valence-corrected chi connectivity index (χ4v) is 3.88. The highest BCUT2D eigenvalue weighted by Crippen LogP contribution is 2.27. The molecule has 128 valence electrons. The fourth-order valence-electron chi connectivity index (χ4n) is 3.88. The molecule has 3 heterocycles. The van der Waals surface area contributed by atoms with E-state index < -0.39 is 0 Å². The van der Waals surface area contributed by atoms with Gasteiger partial charge in [-0.1, -0.05) is 5.16 Å². The van der Waals surface area contributed by atoms with Gasteiger partial charge in [0.05, 0.1) is 5.69 Å². The summed E-state index contributed by atoms with van der Waals surface area (Å²) in [7, 11) is 0. The Balaban J connectivity index is 1.33. The largest absolute Gasteiger partial charge is 0.361 e. The number of aryl methyl sites for hydroxylation is 2. The van der Waals surface area contributed by atoms with Crippen LogP contribution in [0.3, 0.4) is 0 Å². The minimum absolute atomic E-state index is 0.00110. The van der Waals surface area contributed by atoms with Crippen molar-refractivity contribution >= 4 is 0 Å². The quantitative estimate of drug-likeness (QED) is 0.858. The van der Waals surface area contributed by atoms with Crippen molar-refractivity contribution in [3.8, 4) is 0 Å². The van der Waals surface area contributed by atoms with E-state index in [9.17, 15) is 4.79 Å². The van der Waals surface area contributed by atoms with E-state index in [-0.39, 0.29) is 5.56 Å². The van der Waals surface area contributed by atoms with Crippen LogP contribution in [0, 0.1) is 12.8 Å². The maximum Gasteiger partial charge on any atom is 0.266 e. The van der Waals surface area contributed by atoms with Crippen LogP contribution < -0.4 is 5.56 Å². The van der Waals surface area contributed by atoms with Gasteiger partial charge in [0.1, 0.15) is 11.5 Å². The number of hydrogen-bond donors (Lipinski definition) is 0. The van der Waals surface area contributed by atoms with E-state index in [1.165, 1.54) is 12.0 Å². The second-order valence-electron chi connectivity index (χ2n) is 7.10. The molecule has 0 aromatic carbocycles. The summed E-state index contributed by atoms with van der Waals surface area (Å²) in [6, 6.07) is 3.39. The van der Waals surface area contributed by atoms with Crippen molar-refractivity contribution in [1.82, 2.24) is 19.8 Å². The minimum atomic E-state index is 0.00110. The van der Waals surface area contributed by atoms with Crippen LogP contribution in [-0.2, 0) is 25.9 Å². The lowest BCUT2D eigenvalue weighted by molar-refractivity contribution is 0.159. The number of aromatic nitrogens is 3. The van der Waals surface area contributed by atoms with Gasteiger partial charge in [-0.15, -0.1) is 0 Å². The van der Waals surface area contributed by atoms with Gasteiger partial charge >= 0.3 is 0 Å². The van der Waals surface area contributed by atoms with Crippen molar-refractivity contribution in [2.45, 2.75) is 52.1 Å². The topological polar surface area (TPSA) is 64.2 Å². The van der Waals surface area contributed by atoms with E-state index in [1.54, 1.807) is 16.8 Å². The molecule has 0 unspecified atom stereocenters. The third-order valence-electron chi connectivity index (χ3n) is 5.29. The van der Waals surface area contributed by atoms with Gasteiger partial charge in [0.25, 0.3) is 5.56 Å². The van der Waals surface area contributed by atoms with Crippen molar-refractivity contribution in [2.75, 3.05) is 13.1 Å². The second kappa shape index (κ2) is 6.51. The van der Waals surface area contributed by atoms with Crippen molar-refractivity contribution in [3.63, 3.8) is 0 Å². The molecule has 2 aromatic rings. The first-order valence-corrected chi connectivity index (χ1v) is 8.92. The Morgan fingerprint density at radius 2 is 2.08 bits per heavy atom. The molecule has 1 aliphatic heterocycles. The van der Waals surface area contributed by atoms with Gasteiger partial charge in [-0.3, -0.25) is 9.69 Å². The average molecular weight is 328 g/mol. The molecule has 0 N–H and O–H groups in total. The van der Waals surface area contributed by atoms with Crippen molar-refractivity contribution in [1.29, 1.82) is 0 Å². The summed E-state index contributed by atoms with van der Waals surface area (Å²) in [5.74, 6) is 1.63. The van der Waals surface area contributed by atoms with Crippen LogP contribution in [-0.4, -0.2) is 32.9 Å². The summed E-state index contributed by atoms with van der Waals surface area (Å²) < 4.78 is 7.08. The Labute approximate surface area is 141 Å². The molecule has 0 radical (unpaired) electrons. The van der Waals surface area contributed by atoms with E-state index >= 15 is 0 Å². The Bertz CT molecular complexity index is 772. The van der Waals surface area contributed by atoms with Gasteiger partial charge < -0.3 is 4.52 Å². The highest BCUT2D eigenvalue weighted by molar-refractivity contribution is 5.27. The summed E-state index contributed by atoms with van der Waals surface area (Å²) in [6.07, 6.45) is 5.56. The Kier molecular flexibility index (Phi) is 4.22. The molecule has 24 heavy (non-hydrogen) atoms. The molecule has 0 spiro atoms. The molecule has 0 amide bonds. The molecule has 6 nitrogen and oxygen atoms in total. The molecule has 0 bridgehead atoms. The molecule has 4 rings (SSSR count). The zero-order chi connectivity index (χ0) is 16.5. The van der Waals surface area contributed by atoms with E-state index in [0.29, 0.717) is 5.92 Å². The highest BCUT2D eigenvalue weighted by atomic mass is 16.5. The van der Waals surface area contributed by atoms with Crippen molar-refractivity contribution in [2.24, 2.45) is 5.92 Å². The molecule has 2 aliphatic rings. The third kappa shape index (κ3) is 3.15. The summed E-state index contributed by atoms with van der Waals surface area (Å²) in [4.78, 5) is 14.4. The van der Waals surface area contributed by atoms with Gasteiger partial charge in [0.15, 0.2) is 0 Å². The van der Waals surface area contributed by atoms with Crippen LogP contribution in [0.5, 0.6) is 0 Å². The minimum Gasteiger partial charge on any atom is -0.361 e. The van der Waals surface area contributed by atoms with Crippen LogP contribution in [0.25, 0.3) is 0 Å². The molecular weight excluding hydrogens is 304 g/mol. The molecule has 1 saturated heterocycles. The predicted molar refractivity (Wildman–Crippen MR) is 89.8 cm³/mol. The fraction of sp³-hybridized carbons (Fsp3) is 0.611. The smallest absolute Gasteiger partial charge is 0.266 e. The standard InChI is InChI=1S/C18H24N4O2/c1-13-5-6-18(23)22(19-13)11-14-7-9-21(10-8-14)12-16-15-3-2-4-17(15)24-20-16/h5-6,14H,2-4,7-12H2,1H3. The van der Waals surface area contributed by atoms with Gasteiger partial charge in [0.2, 0.25) is 0 Å². The highest BCUT2D eigenvalue weighted by Gasteiger charge is 2.25. The number of piperidine rings is 1. The predicted octanol–water partition coefficient (Wildman–Crippen LogP) is 1.94. The lowest BCUT2D eigenvalue weighted by atomic mass is 9.96. The van der Waals surface area contributed by atoms with E-state index in [4.69, 9.17) is 4.52 Å². The van der Waals surface area contributed by atoms with E-state index in [0.717, 1.165) is 69.0 Å². The first-order chi connectivity index (χ1) is 11.7. The number of rotatable bonds is 4. The summed E-state index contributed by atoms with van der Waals surface area (Å²) in [5, 5.41) is 8.62. The lowest BCUT2D eigenvalue weighted by Gasteiger charge is -2.31. The van der Waals surface area contributed by atoms with Crippen molar-refractivity contribution < 1.29 is 4.52 Å². The van der Waals surface area contributed by atoms with Gasteiger partial charge in [-0.25, -0.2) is 4.68 Å². The number of fused-ring (bicyclic) bond motifs is 1. The molecule has 6 heteroatoms. The Hall–Kier alpha value is -1.95. The summed E-state index contributed by atoms with van der Waals surface area (Å²) in [5.41, 5.74) is 3.39. The summed E-state index contributed by atoms with van der Waals surface area (Å²) in [6.45, 7) is 5.65. The maximum absolute atomic E-state index is 11.9. The number of hydrogen-bond acceptors (Lipinski definition) is 5. The Morgan fingerprint density at radius 3 is 2.92 bits per heavy atom. The first-order valence-electron chi connectivity index (χ1n) is 8.92. The maximum atomic E-state index is 11.9. The second-order valence-corrected chi connectivity index (χ2v) is 7.10. The van der Waals surface area contributed by atoms with Gasteiger partial charge in [0, 0.05) is 31.1 Å². The zero-order valence-corrected chi connectivity index (χ0v) is 14.2. The normalized spacial score (nSPS) is 18.9. The first kappa shape index (κ1) is 15.6. The monoisotopic (exact) mass is 328 g/mol. The molecule has 2 aromatic heterocycles. The molecule has 1 fully saturated rings. The van der Waals surface area contributed by atoms with E-state index in [1.807, 2.05) is 6.92 Å². The summed E-state index contributed by atoms with van der Waals surface area (Å²) >= 11 is 0. The zero-order valence-electron chi connectivity index (χ0n) is 14.2. The van der Waals surface area contributed by atoms with Crippen LogP contribution in [0.15, 0.2) is 21.5 Å². The molecule has 0 atom stereocenters. The van der Waals surface area contributed by atoms with Crippen LogP contribution >= 0.6 is 0 Å². The molecular formula is C18H24N4O2. The Morgan fingerprint density at radius 1 is 1.25 bits per heavy atom. The van der Waals surface area contributed by atoms with Crippen molar-refractivity contribution in [3.05, 3.63) is 45.2 Å². The average Bonchev–Trinajstić information content (AvgIpc) is 3.18. The molecule has 0 saturated carbocycles. The molecule has 1 aliphatic carbocycles. The van der Waals surface area contributed by atoms with Gasteiger partial charge in [-0.2, -0.15) is 5.10 Å². The number of likely N-dealkylation sites (tertiary alicyclic amines) is 1. The van der Waals surface area contributed by atoms with E-state index in [2.05, 4.69) is 15.2 Å². The van der Waals surface area contributed by atoms with Crippen LogP contribution in [0.4, 0.5) is 0 Å². The number of nitrogens with zero attached hydrogens (tertiary/aromatic N) is 4. The van der Waals surface area contributed by atoms with Crippen LogP contribution in [0.1, 0.15) is 42.0 Å². The SMILES string of the molecule is Cc1ccc(=O)n(CC2CCN(Cc3noc4c3CCC4)CC2)n1. The third-order valence-corrected chi connectivity index (χ3v) is 5.29. The van der Waals surface area contributed by atoms with Crippen LogP contribution in [0.2, 0.25) is 0 Å².